The molecule has 3 amide bonds. The molecule has 0 aliphatic heterocycles. The Balaban J connectivity index is 2.67. The number of hydrogen-bond acceptors (Lipinski definition) is 6. The summed E-state index contributed by atoms with van der Waals surface area (Å²) in [5, 5.41) is 14.6. The van der Waals surface area contributed by atoms with E-state index in [1.54, 1.807) is 38.1 Å². The van der Waals surface area contributed by atoms with Gasteiger partial charge in [-0.1, -0.05) is 44.2 Å². The van der Waals surface area contributed by atoms with Crippen LogP contribution >= 0.6 is 0 Å². The first-order valence-corrected chi connectivity index (χ1v) is 8.22. The molecule has 0 aliphatic carbocycles. The topological polar surface area (TPSA) is 143 Å². The Bertz CT molecular complexity index is 606. The first-order chi connectivity index (χ1) is 12.3. The van der Waals surface area contributed by atoms with Crippen molar-refractivity contribution in [2.75, 3.05) is 0 Å². The van der Waals surface area contributed by atoms with Crippen LogP contribution in [0.4, 0.5) is 4.79 Å². The molecule has 1 rings (SSSR count). The molecule has 6 N–H and O–H groups in total. The highest BCUT2D eigenvalue weighted by molar-refractivity contribution is 5.91. The standard InChI is InChI=1S/C17H26N4O5/c1-10(2)13(16(24)21-18)19-15(23)14(11(3)22)20-17(25)26-9-12-7-5-4-6-8-12/h4-8,10-11,13-14,22H,9,18H2,1-3H3,(H,19,23)(H,20,25)(H,21,24)/t11-,13+,14+/m1/s1. The molecule has 0 aromatic heterocycles. The molecule has 3 atom stereocenters. The van der Waals surface area contributed by atoms with Gasteiger partial charge in [-0.25, -0.2) is 10.6 Å². The first-order valence-electron chi connectivity index (χ1n) is 8.22. The fourth-order valence-electron chi connectivity index (χ4n) is 2.16. The number of ether oxygens (including phenoxy) is 1. The van der Waals surface area contributed by atoms with Crippen molar-refractivity contribution >= 4 is 17.9 Å². The lowest BCUT2D eigenvalue weighted by Gasteiger charge is -2.25. The van der Waals surface area contributed by atoms with E-state index in [2.05, 4.69) is 10.6 Å². The predicted molar refractivity (Wildman–Crippen MR) is 94.3 cm³/mol. The maximum Gasteiger partial charge on any atom is 0.408 e. The summed E-state index contributed by atoms with van der Waals surface area (Å²) in [6.45, 7) is 4.80. The number of aliphatic hydroxyl groups is 1. The summed E-state index contributed by atoms with van der Waals surface area (Å²) in [7, 11) is 0. The van der Waals surface area contributed by atoms with Gasteiger partial charge in [0.25, 0.3) is 5.91 Å². The molecule has 9 heteroatoms. The number of hydrazine groups is 1. The number of carbonyl (C=O) groups excluding carboxylic acids is 3. The molecular formula is C17H26N4O5. The van der Waals surface area contributed by atoms with Crippen molar-refractivity contribution in [3.05, 3.63) is 35.9 Å². The highest BCUT2D eigenvalue weighted by Gasteiger charge is 2.31. The largest absolute Gasteiger partial charge is 0.445 e. The zero-order valence-electron chi connectivity index (χ0n) is 15.1. The van der Waals surface area contributed by atoms with Crippen molar-refractivity contribution < 1.29 is 24.2 Å². The second kappa shape index (κ2) is 10.4. The third-order valence-corrected chi connectivity index (χ3v) is 3.64. The Labute approximate surface area is 152 Å². The zero-order valence-corrected chi connectivity index (χ0v) is 15.1. The molecule has 0 heterocycles. The molecule has 0 saturated heterocycles. The van der Waals surface area contributed by atoms with Gasteiger partial charge < -0.3 is 20.5 Å². The van der Waals surface area contributed by atoms with Gasteiger partial charge in [0.2, 0.25) is 5.91 Å². The molecule has 9 nitrogen and oxygen atoms in total. The maximum atomic E-state index is 12.4. The van der Waals surface area contributed by atoms with Crippen LogP contribution in [0.5, 0.6) is 0 Å². The molecule has 1 aromatic carbocycles. The number of alkyl carbamates (subject to hydrolysis) is 1. The van der Waals surface area contributed by atoms with E-state index in [9.17, 15) is 19.5 Å². The van der Waals surface area contributed by atoms with Crippen LogP contribution in [0.25, 0.3) is 0 Å². The van der Waals surface area contributed by atoms with Gasteiger partial charge in [-0.05, 0) is 18.4 Å². The molecule has 0 spiro atoms. The van der Waals surface area contributed by atoms with E-state index in [1.807, 2.05) is 11.5 Å². The second-order valence-corrected chi connectivity index (χ2v) is 6.16. The van der Waals surface area contributed by atoms with Gasteiger partial charge in [0.1, 0.15) is 18.7 Å². The predicted octanol–water partition coefficient (Wildman–Crippen LogP) is -0.207. The van der Waals surface area contributed by atoms with Gasteiger partial charge in [-0.15, -0.1) is 0 Å². The Morgan fingerprint density at radius 1 is 1.04 bits per heavy atom. The van der Waals surface area contributed by atoms with Crippen LogP contribution in [0.2, 0.25) is 0 Å². The van der Waals surface area contributed by atoms with Crippen molar-refractivity contribution in [3.8, 4) is 0 Å². The summed E-state index contributed by atoms with van der Waals surface area (Å²) >= 11 is 0. The SMILES string of the molecule is CC(C)[C@H](NC(=O)[C@@H](NC(=O)OCc1ccccc1)[C@@H](C)O)C(=O)NN. The van der Waals surface area contributed by atoms with Gasteiger partial charge >= 0.3 is 6.09 Å². The van der Waals surface area contributed by atoms with Gasteiger partial charge in [0, 0.05) is 0 Å². The van der Waals surface area contributed by atoms with E-state index in [-0.39, 0.29) is 12.5 Å². The molecule has 0 aliphatic rings. The minimum Gasteiger partial charge on any atom is -0.445 e. The highest BCUT2D eigenvalue weighted by atomic mass is 16.5. The minimum atomic E-state index is -1.29. The molecule has 0 radical (unpaired) electrons. The summed E-state index contributed by atoms with van der Waals surface area (Å²) in [4.78, 5) is 36.0. The van der Waals surface area contributed by atoms with Crippen molar-refractivity contribution in [2.24, 2.45) is 11.8 Å². The number of benzene rings is 1. The van der Waals surface area contributed by atoms with Crippen LogP contribution in [0.1, 0.15) is 26.3 Å². The van der Waals surface area contributed by atoms with E-state index in [1.165, 1.54) is 6.92 Å². The van der Waals surface area contributed by atoms with Crippen LogP contribution in [0.15, 0.2) is 30.3 Å². The number of hydrogen-bond donors (Lipinski definition) is 5. The van der Waals surface area contributed by atoms with Gasteiger partial charge in [0.15, 0.2) is 0 Å². The first kappa shape index (κ1) is 21.4. The summed E-state index contributed by atoms with van der Waals surface area (Å²) in [5.41, 5.74) is 2.75. The van der Waals surface area contributed by atoms with E-state index >= 15 is 0 Å². The average molecular weight is 366 g/mol. The molecule has 0 bridgehead atoms. The van der Waals surface area contributed by atoms with Gasteiger partial charge in [-0.2, -0.15) is 0 Å². The maximum absolute atomic E-state index is 12.4. The summed E-state index contributed by atoms with van der Waals surface area (Å²) < 4.78 is 5.04. The van der Waals surface area contributed by atoms with Crippen molar-refractivity contribution in [2.45, 2.75) is 45.6 Å². The molecule has 0 saturated carbocycles. The molecule has 1 aromatic rings. The Morgan fingerprint density at radius 2 is 1.65 bits per heavy atom. The van der Waals surface area contributed by atoms with E-state index in [0.717, 1.165) is 5.56 Å². The number of aliphatic hydroxyl groups excluding tert-OH is 1. The fourth-order valence-corrected chi connectivity index (χ4v) is 2.16. The van der Waals surface area contributed by atoms with Crippen LogP contribution in [0.3, 0.4) is 0 Å². The number of rotatable bonds is 8. The monoisotopic (exact) mass is 366 g/mol. The minimum absolute atomic E-state index is 0.0189. The van der Waals surface area contributed by atoms with Crippen LogP contribution in [-0.2, 0) is 20.9 Å². The lowest BCUT2D eigenvalue weighted by Crippen LogP contribution is -2.58. The smallest absolute Gasteiger partial charge is 0.408 e. The summed E-state index contributed by atoms with van der Waals surface area (Å²) in [5.74, 6) is 3.56. The third-order valence-electron chi connectivity index (χ3n) is 3.64. The van der Waals surface area contributed by atoms with Gasteiger partial charge in [0.05, 0.1) is 6.10 Å². The molecule has 0 fully saturated rings. The number of nitrogens with one attached hydrogen (secondary N) is 3. The van der Waals surface area contributed by atoms with Crippen LogP contribution < -0.4 is 21.9 Å². The lowest BCUT2D eigenvalue weighted by molar-refractivity contribution is -0.132. The van der Waals surface area contributed by atoms with Crippen LogP contribution in [0, 0.1) is 5.92 Å². The summed E-state index contributed by atoms with van der Waals surface area (Å²) in [6.07, 6.45) is -2.06. The molecule has 144 valence electrons. The Kier molecular flexibility index (Phi) is 8.53. The molecule has 0 unspecified atom stereocenters. The second-order valence-electron chi connectivity index (χ2n) is 6.16. The Hall–Kier alpha value is -2.65. The average Bonchev–Trinajstić information content (AvgIpc) is 2.61. The van der Waals surface area contributed by atoms with Gasteiger partial charge in [-0.3, -0.25) is 15.0 Å². The lowest BCUT2D eigenvalue weighted by atomic mass is 10.0. The summed E-state index contributed by atoms with van der Waals surface area (Å²) in [6, 6.07) is 6.81. The van der Waals surface area contributed by atoms with Crippen molar-refractivity contribution in [3.63, 3.8) is 0 Å². The zero-order chi connectivity index (χ0) is 19.7. The van der Waals surface area contributed by atoms with Crippen molar-refractivity contribution in [1.29, 1.82) is 0 Å². The van der Waals surface area contributed by atoms with E-state index in [0.29, 0.717) is 0 Å². The quantitative estimate of drug-likeness (QED) is 0.245. The van der Waals surface area contributed by atoms with Crippen LogP contribution in [-0.4, -0.2) is 41.2 Å². The number of nitrogens with two attached hydrogens (primary N) is 1. The van der Waals surface area contributed by atoms with E-state index in [4.69, 9.17) is 10.6 Å². The number of carbonyl (C=O) groups is 3. The van der Waals surface area contributed by atoms with E-state index < -0.39 is 36.1 Å². The fraction of sp³-hybridized carbons (Fsp3) is 0.471. The van der Waals surface area contributed by atoms with Crippen molar-refractivity contribution in [1.82, 2.24) is 16.1 Å². The molecular weight excluding hydrogens is 340 g/mol. The normalized spacial score (nSPS) is 14.1. The molecule has 26 heavy (non-hydrogen) atoms. The Morgan fingerprint density at radius 3 is 2.15 bits per heavy atom. The highest BCUT2D eigenvalue weighted by Crippen LogP contribution is 2.05. The number of amides is 3. The third kappa shape index (κ3) is 6.69.